The van der Waals surface area contributed by atoms with E-state index in [2.05, 4.69) is 23.8 Å². The number of aryl methyl sites for hydroxylation is 2. The van der Waals surface area contributed by atoms with Crippen LogP contribution in [0.4, 0.5) is 23.4 Å². The van der Waals surface area contributed by atoms with Gasteiger partial charge in [-0.3, -0.25) is 0 Å². The standard InChI is InChI=1S/C31H27F4N5O2/c1-3-17-6-5-7-18(4-2)27(17)40-28(21-8-9-22(30(41)42)26-20(21)10-12-36-26)23-16-39(13-11-25(23)38-40)29-24(32)14-19(15-37-29)31(33,34)35/h5-10,12,14-15,36H,3-4,11,13,16H2,1-2H3,(H,41,42). The molecule has 0 radical (unpaired) electrons. The number of halogens is 4. The highest BCUT2D eigenvalue weighted by molar-refractivity contribution is 6.07. The van der Waals surface area contributed by atoms with Gasteiger partial charge in [-0.2, -0.15) is 18.3 Å². The summed E-state index contributed by atoms with van der Waals surface area (Å²) < 4.78 is 56.5. The minimum Gasteiger partial charge on any atom is -0.478 e. The number of para-hydroxylation sites is 1. The van der Waals surface area contributed by atoms with E-state index in [4.69, 9.17) is 5.10 Å². The van der Waals surface area contributed by atoms with Crippen molar-refractivity contribution in [3.8, 4) is 16.9 Å². The van der Waals surface area contributed by atoms with Gasteiger partial charge in [0.1, 0.15) is 0 Å². The highest BCUT2D eigenvalue weighted by atomic mass is 19.4. The molecule has 0 spiro atoms. The van der Waals surface area contributed by atoms with Crippen molar-refractivity contribution >= 4 is 22.7 Å². The molecule has 1 aliphatic rings. The van der Waals surface area contributed by atoms with Gasteiger partial charge in [-0.1, -0.05) is 38.1 Å². The Morgan fingerprint density at radius 2 is 1.83 bits per heavy atom. The molecule has 0 saturated carbocycles. The number of nitrogens with one attached hydrogen (secondary N) is 1. The van der Waals surface area contributed by atoms with E-state index in [1.165, 1.54) is 0 Å². The smallest absolute Gasteiger partial charge is 0.417 e. The molecule has 0 amide bonds. The van der Waals surface area contributed by atoms with Crippen molar-refractivity contribution in [1.29, 1.82) is 0 Å². The quantitative estimate of drug-likeness (QED) is 0.213. The summed E-state index contributed by atoms with van der Waals surface area (Å²) in [5.74, 6) is -2.28. The first-order valence-electron chi connectivity index (χ1n) is 13.7. The van der Waals surface area contributed by atoms with Crippen LogP contribution < -0.4 is 4.90 Å². The molecule has 42 heavy (non-hydrogen) atoms. The molecular weight excluding hydrogens is 550 g/mol. The number of carbonyl (C=O) groups is 1. The minimum absolute atomic E-state index is 0.125. The normalized spacial score (nSPS) is 13.5. The highest BCUT2D eigenvalue weighted by Gasteiger charge is 2.34. The van der Waals surface area contributed by atoms with Crippen LogP contribution in [-0.2, 0) is 32.0 Å². The Balaban J connectivity index is 1.58. The number of fused-ring (bicyclic) bond motifs is 2. The van der Waals surface area contributed by atoms with Gasteiger partial charge < -0.3 is 15.0 Å². The number of benzene rings is 2. The lowest BCUT2D eigenvalue weighted by Gasteiger charge is -2.28. The second-order valence-corrected chi connectivity index (χ2v) is 10.2. The molecule has 2 N–H and O–H groups in total. The van der Waals surface area contributed by atoms with Crippen molar-refractivity contribution < 1.29 is 27.5 Å². The largest absolute Gasteiger partial charge is 0.478 e. The number of hydrogen-bond donors (Lipinski definition) is 2. The topological polar surface area (TPSA) is 87.0 Å². The van der Waals surface area contributed by atoms with E-state index < -0.39 is 23.5 Å². The minimum atomic E-state index is -4.70. The van der Waals surface area contributed by atoms with Crippen LogP contribution in [0.25, 0.3) is 27.8 Å². The fourth-order valence-electron chi connectivity index (χ4n) is 5.84. The van der Waals surface area contributed by atoms with Crippen LogP contribution >= 0.6 is 0 Å². The average Bonchev–Trinajstić information content (AvgIpc) is 3.60. The van der Waals surface area contributed by atoms with Gasteiger partial charge in [0, 0.05) is 48.4 Å². The van der Waals surface area contributed by atoms with Crippen LogP contribution in [0.2, 0.25) is 0 Å². The summed E-state index contributed by atoms with van der Waals surface area (Å²) in [5.41, 5.74) is 5.55. The molecule has 2 aromatic carbocycles. The maximum Gasteiger partial charge on any atom is 0.417 e. The maximum absolute atomic E-state index is 15.0. The van der Waals surface area contributed by atoms with E-state index in [1.807, 2.05) is 28.9 Å². The number of carboxylic acids is 1. The molecule has 0 unspecified atom stereocenters. The van der Waals surface area contributed by atoms with Gasteiger partial charge in [-0.05, 0) is 42.2 Å². The number of aromatic carboxylic acids is 1. The SMILES string of the molecule is CCc1cccc(CC)c1-n1nc2c(c1-c1ccc(C(=O)O)c3[nH]ccc13)CN(c1ncc(C(F)(F)F)cc1F)CC2. The number of nitrogens with zero attached hydrogens (tertiary/aromatic N) is 4. The third-order valence-electron chi connectivity index (χ3n) is 7.87. The second-order valence-electron chi connectivity index (χ2n) is 10.2. The second kappa shape index (κ2) is 10.3. The molecular formula is C31H27F4N5O2. The van der Waals surface area contributed by atoms with Gasteiger partial charge >= 0.3 is 12.1 Å². The van der Waals surface area contributed by atoms with Gasteiger partial charge in [-0.25, -0.2) is 18.9 Å². The summed E-state index contributed by atoms with van der Waals surface area (Å²) in [4.78, 5) is 20.5. The Kier molecular flexibility index (Phi) is 6.75. The number of carboxylic acid groups (broad SMARTS) is 1. The van der Waals surface area contributed by atoms with Gasteiger partial charge in [0.15, 0.2) is 11.6 Å². The van der Waals surface area contributed by atoms with Crippen molar-refractivity contribution in [2.45, 2.75) is 45.8 Å². The van der Waals surface area contributed by atoms with Crippen LogP contribution in [0.5, 0.6) is 0 Å². The maximum atomic E-state index is 15.0. The summed E-state index contributed by atoms with van der Waals surface area (Å²) in [6, 6.07) is 11.7. The van der Waals surface area contributed by atoms with Crippen molar-refractivity contribution in [1.82, 2.24) is 19.7 Å². The zero-order chi connectivity index (χ0) is 29.8. The lowest BCUT2D eigenvalue weighted by molar-refractivity contribution is -0.138. The molecule has 0 bridgehead atoms. The Morgan fingerprint density at radius 1 is 1.10 bits per heavy atom. The van der Waals surface area contributed by atoms with E-state index >= 15 is 4.39 Å². The molecule has 3 aromatic heterocycles. The predicted octanol–water partition coefficient (Wildman–Crippen LogP) is 6.96. The lowest BCUT2D eigenvalue weighted by Crippen LogP contribution is -2.32. The van der Waals surface area contributed by atoms with Crippen LogP contribution in [0.1, 0.15) is 52.2 Å². The Hall–Kier alpha value is -4.67. The van der Waals surface area contributed by atoms with E-state index in [0.29, 0.717) is 36.1 Å². The fourth-order valence-corrected chi connectivity index (χ4v) is 5.84. The van der Waals surface area contributed by atoms with E-state index in [-0.39, 0.29) is 17.9 Å². The first-order valence-corrected chi connectivity index (χ1v) is 13.7. The Labute approximate surface area is 238 Å². The molecule has 216 valence electrons. The first-order chi connectivity index (χ1) is 20.1. The summed E-state index contributed by atoms with van der Waals surface area (Å²) in [6.07, 6.45) is -0.467. The fraction of sp³-hybridized carbons (Fsp3) is 0.258. The number of rotatable bonds is 6. The molecule has 0 fully saturated rings. The first kappa shape index (κ1) is 27.5. The van der Waals surface area contributed by atoms with Crippen molar-refractivity contribution in [3.05, 3.63) is 94.2 Å². The zero-order valence-electron chi connectivity index (χ0n) is 22.9. The number of H-pyrrole nitrogens is 1. The lowest BCUT2D eigenvalue weighted by atomic mass is 9.96. The summed E-state index contributed by atoms with van der Waals surface area (Å²) >= 11 is 0. The number of hydrogen-bond acceptors (Lipinski definition) is 4. The van der Waals surface area contributed by atoms with Gasteiger partial charge in [-0.15, -0.1) is 0 Å². The monoisotopic (exact) mass is 577 g/mol. The third-order valence-corrected chi connectivity index (χ3v) is 7.87. The van der Waals surface area contributed by atoms with Crippen molar-refractivity contribution in [3.63, 3.8) is 0 Å². The highest BCUT2D eigenvalue weighted by Crippen LogP contribution is 2.40. The van der Waals surface area contributed by atoms with Gasteiger partial charge in [0.2, 0.25) is 0 Å². The molecule has 4 heterocycles. The molecule has 1 aliphatic heterocycles. The number of pyridine rings is 1. The predicted molar refractivity (Wildman–Crippen MR) is 151 cm³/mol. The van der Waals surface area contributed by atoms with Crippen LogP contribution in [-0.4, -0.2) is 37.4 Å². The molecule has 7 nitrogen and oxygen atoms in total. The van der Waals surface area contributed by atoms with E-state index in [0.717, 1.165) is 52.2 Å². The van der Waals surface area contributed by atoms with Crippen molar-refractivity contribution in [2.75, 3.05) is 11.4 Å². The molecule has 6 rings (SSSR count). The van der Waals surface area contributed by atoms with Crippen molar-refractivity contribution in [2.24, 2.45) is 0 Å². The average molecular weight is 578 g/mol. The van der Waals surface area contributed by atoms with Crippen LogP contribution in [0, 0.1) is 5.82 Å². The Morgan fingerprint density at radius 3 is 2.48 bits per heavy atom. The number of anilines is 1. The summed E-state index contributed by atoms with van der Waals surface area (Å²) in [7, 11) is 0. The van der Waals surface area contributed by atoms with E-state index in [1.54, 1.807) is 23.2 Å². The molecule has 0 saturated heterocycles. The number of alkyl halides is 3. The van der Waals surface area contributed by atoms with Gasteiger partial charge in [0.25, 0.3) is 0 Å². The zero-order valence-corrected chi connectivity index (χ0v) is 22.9. The molecule has 0 aliphatic carbocycles. The third kappa shape index (κ3) is 4.49. The van der Waals surface area contributed by atoms with E-state index in [9.17, 15) is 23.1 Å². The van der Waals surface area contributed by atoms with Crippen LogP contribution in [0.3, 0.4) is 0 Å². The molecule has 0 atom stereocenters. The van der Waals surface area contributed by atoms with Gasteiger partial charge in [0.05, 0.1) is 33.7 Å². The molecule has 11 heteroatoms. The number of aromatic nitrogens is 4. The number of aromatic amines is 1. The summed E-state index contributed by atoms with van der Waals surface area (Å²) in [5, 5.41) is 15.5. The van der Waals surface area contributed by atoms with Crippen LogP contribution in [0.15, 0.2) is 54.9 Å². The molecule has 5 aromatic rings. The summed E-state index contributed by atoms with van der Waals surface area (Å²) in [6.45, 7) is 4.59. The Bertz CT molecular complexity index is 1820.